The van der Waals surface area contributed by atoms with E-state index in [1.807, 2.05) is 92.7 Å². The van der Waals surface area contributed by atoms with E-state index >= 15 is 0 Å². The number of benzene rings is 3. The third-order valence-electron chi connectivity index (χ3n) is 6.89. The number of carbonyl (C=O) groups is 2. The highest BCUT2D eigenvalue weighted by atomic mass is 16.2. The minimum atomic E-state index is -0.299. The first kappa shape index (κ1) is 28.6. The zero-order valence-electron chi connectivity index (χ0n) is 24.1. The van der Waals surface area contributed by atoms with Gasteiger partial charge in [-0.15, -0.1) is 0 Å². The first-order valence-electron chi connectivity index (χ1n) is 13.9. The number of nitrogens with zero attached hydrogens (tertiary/aromatic N) is 3. The predicted molar refractivity (Wildman–Crippen MR) is 163 cm³/mol. The Hall–Kier alpha value is -4.39. The van der Waals surface area contributed by atoms with E-state index in [9.17, 15) is 9.59 Å². The second kappa shape index (κ2) is 13.1. The zero-order valence-corrected chi connectivity index (χ0v) is 24.1. The Bertz CT molecular complexity index is 1420. The van der Waals surface area contributed by atoms with Crippen LogP contribution < -0.4 is 10.6 Å². The SMILES string of the molecule is CCCCN(CC(=O)Nc1c(-c2ccccc2)c(C)nn1-c1ccc(C)cc1)C(=O)Nc1ccc(C(C)C)cc1. The number of urea groups is 1. The molecule has 0 saturated heterocycles. The molecule has 7 heteroatoms. The summed E-state index contributed by atoms with van der Waals surface area (Å²) in [5.41, 5.74) is 6.50. The van der Waals surface area contributed by atoms with Gasteiger partial charge in [0.05, 0.1) is 11.4 Å². The lowest BCUT2D eigenvalue weighted by Gasteiger charge is -2.23. The number of aryl methyl sites for hydroxylation is 2. The molecule has 208 valence electrons. The highest BCUT2D eigenvalue weighted by molar-refractivity contribution is 5.99. The van der Waals surface area contributed by atoms with Gasteiger partial charge in [0.2, 0.25) is 5.91 Å². The van der Waals surface area contributed by atoms with E-state index in [1.54, 1.807) is 9.58 Å². The van der Waals surface area contributed by atoms with Crippen LogP contribution in [0.1, 0.15) is 56.4 Å². The fourth-order valence-corrected chi connectivity index (χ4v) is 4.57. The molecule has 0 radical (unpaired) electrons. The van der Waals surface area contributed by atoms with E-state index in [0.717, 1.165) is 40.9 Å². The predicted octanol–water partition coefficient (Wildman–Crippen LogP) is 7.55. The maximum Gasteiger partial charge on any atom is 0.322 e. The third kappa shape index (κ3) is 6.97. The Balaban J connectivity index is 1.59. The number of hydrogen-bond donors (Lipinski definition) is 2. The highest BCUT2D eigenvalue weighted by Gasteiger charge is 2.23. The maximum absolute atomic E-state index is 13.5. The molecule has 3 amide bonds. The molecule has 40 heavy (non-hydrogen) atoms. The summed E-state index contributed by atoms with van der Waals surface area (Å²) in [5, 5.41) is 10.8. The largest absolute Gasteiger partial charge is 0.322 e. The second-order valence-corrected chi connectivity index (χ2v) is 10.5. The topological polar surface area (TPSA) is 79.3 Å². The van der Waals surface area contributed by atoms with Crippen molar-refractivity contribution in [3.05, 3.63) is 95.7 Å². The number of carbonyl (C=O) groups excluding carboxylic acids is 2. The Kier molecular flexibility index (Phi) is 9.38. The number of unbranched alkanes of at least 4 members (excludes halogenated alkanes) is 1. The molecule has 0 unspecified atom stereocenters. The molecular weight excluding hydrogens is 498 g/mol. The fraction of sp³-hybridized carbons (Fsp3) is 0.303. The van der Waals surface area contributed by atoms with Gasteiger partial charge in [0, 0.05) is 17.8 Å². The number of hydrogen-bond acceptors (Lipinski definition) is 3. The molecule has 7 nitrogen and oxygen atoms in total. The van der Waals surface area contributed by atoms with Crippen molar-refractivity contribution in [2.24, 2.45) is 0 Å². The number of aromatic nitrogens is 2. The molecule has 4 rings (SSSR count). The summed E-state index contributed by atoms with van der Waals surface area (Å²) in [6, 6.07) is 25.4. The van der Waals surface area contributed by atoms with E-state index in [1.165, 1.54) is 5.56 Å². The van der Waals surface area contributed by atoms with Gasteiger partial charge in [0.1, 0.15) is 12.4 Å². The lowest BCUT2D eigenvalue weighted by Crippen LogP contribution is -2.41. The smallest absolute Gasteiger partial charge is 0.315 e. The molecule has 2 N–H and O–H groups in total. The first-order valence-corrected chi connectivity index (χ1v) is 13.9. The molecule has 0 saturated carbocycles. The molecule has 0 atom stereocenters. The van der Waals surface area contributed by atoms with Gasteiger partial charge in [-0.3, -0.25) is 4.79 Å². The van der Waals surface area contributed by atoms with Crippen LogP contribution in [0, 0.1) is 13.8 Å². The third-order valence-corrected chi connectivity index (χ3v) is 6.89. The van der Waals surface area contributed by atoms with Crippen LogP contribution in [-0.4, -0.2) is 39.7 Å². The summed E-state index contributed by atoms with van der Waals surface area (Å²) in [6.45, 7) is 10.7. The lowest BCUT2D eigenvalue weighted by atomic mass is 10.0. The Morgan fingerprint density at radius 3 is 2.20 bits per heavy atom. The van der Waals surface area contributed by atoms with Crippen molar-refractivity contribution in [3.63, 3.8) is 0 Å². The number of anilines is 2. The lowest BCUT2D eigenvalue weighted by molar-refractivity contribution is -0.116. The summed E-state index contributed by atoms with van der Waals surface area (Å²) in [5.74, 6) is 0.705. The summed E-state index contributed by atoms with van der Waals surface area (Å²) >= 11 is 0. The number of rotatable bonds is 10. The normalized spacial score (nSPS) is 10.9. The van der Waals surface area contributed by atoms with E-state index in [-0.39, 0.29) is 18.5 Å². The van der Waals surface area contributed by atoms with Crippen LogP contribution in [0.15, 0.2) is 78.9 Å². The van der Waals surface area contributed by atoms with Crippen molar-refractivity contribution >= 4 is 23.4 Å². The molecule has 0 aliphatic heterocycles. The molecule has 4 aromatic rings. The van der Waals surface area contributed by atoms with Gasteiger partial charge in [0.25, 0.3) is 0 Å². The first-order chi connectivity index (χ1) is 19.3. The van der Waals surface area contributed by atoms with Crippen LogP contribution >= 0.6 is 0 Å². The van der Waals surface area contributed by atoms with Gasteiger partial charge in [-0.2, -0.15) is 5.10 Å². The molecule has 1 heterocycles. The van der Waals surface area contributed by atoms with Crippen LogP contribution in [0.5, 0.6) is 0 Å². The van der Waals surface area contributed by atoms with E-state index in [0.29, 0.717) is 24.0 Å². The molecule has 0 bridgehead atoms. The highest BCUT2D eigenvalue weighted by Crippen LogP contribution is 2.33. The molecule has 1 aromatic heterocycles. The maximum atomic E-state index is 13.5. The van der Waals surface area contributed by atoms with E-state index in [2.05, 4.69) is 31.4 Å². The minimum Gasteiger partial charge on any atom is -0.315 e. The summed E-state index contributed by atoms with van der Waals surface area (Å²) < 4.78 is 1.77. The van der Waals surface area contributed by atoms with Crippen LogP contribution in [0.25, 0.3) is 16.8 Å². The average Bonchev–Trinajstić information content (AvgIpc) is 3.27. The van der Waals surface area contributed by atoms with Crippen molar-refractivity contribution in [3.8, 4) is 16.8 Å². The van der Waals surface area contributed by atoms with Crippen LogP contribution in [0.2, 0.25) is 0 Å². The number of amides is 3. The second-order valence-electron chi connectivity index (χ2n) is 10.5. The summed E-state index contributed by atoms with van der Waals surface area (Å²) in [4.78, 5) is 28.3. The zero-order chi connectivity index (χ0) is 28.6. The van der Waals surface area contributed by atoms with Gasteiger partial charge >= 0.3 is 6.03 Å². The fourth-order valence-electron chi connectivity index (χ4n) is 4.57. The molecule has 3 aromatic carbocycles. The van der Waals surface area contributed by atoms with Crippen molar-refractivity contribution in [2.45, 2.75) is 53.4 Å². The standard InChI is InChI=1S/C33H39N5O2/c1-6-7-21-37(33(40)34-28-17-15-26(16-18-28)23(2)3)22-30(39)35-32-31(27-11-9-8-10-12-27)25(5)36-38(32)29-19-13-24(4)14-20-29/h8-20,23H,6-7,21-22H2,1-5H3,(H,34,40)(H,35,39). The monoisotopic (exact) mass is 537 g/mol. The van der Waals surface area contributed by atoms with Gasteiger partial charge in [-0.25, -0.2) is 9.48 Å². The van der Waals surface area contributed by atoms with E-state index in [4.69, 9.17) is 5.10 Å². The summed E-state index contributed by atoms with van der Waals surface area (Å²) in [6.07, 6.45) is 1.70. The number of nitrogens with one attached hydrogen (secondary N) is 2. The quantitative estimate of drug-likeness (QED) is 0.219. The molecule has 0 aliphatic rings. The Labute approximate surface area is 237 Å². The van der Waals surface area contributed by atoms with Gasteiger partial charge in [0.15, 0.2) is 0 Å². The molecule has 0 fully saturated rings. The van der Waals surface area contributed by atoms with Crippen LogP contribution in [0.4, 0.5) is 16.3 Å². The molecular formula is C33H39N5O2. The van der Waals surface area contributed by atoms with E-state index < -0.39 is 0 Å². The molecule has 0 aliphatic carbocycles. The molecule has 0 spiro atoms. The van der Waals surface area contributed by atoms with Crippen LogP contribution in [-0.2, 0) is 4.79 Å². The average molecular weight is 538 g/mol. The van der Waals surface area contributed by atoms with Gasteiger partial charge in [-0.1, -0.05) is 87.4 Å². The Morgan fingerprint density at radius 2 is 1.57 bits per heavy atom. The Morgan fingerprint density at radius 1 is 0.900 bits per heavy atom. The van der Waals surface area contributed by atoms with Crippen LogP contribution in [0.3, 0.4) is 0 Å². The van der Waals surface area contributed by atoms with Gasteiger partial charge in [-0.05, 0) is 61.6 Å². The van der Waals surface area contributed by atoms with Crippen molar-refractivity contribution in [2.75, 3.05) is 23.7 Å². The summed E-state index contributed by atoms with van der Waals surface area (Å²) in [7, 11) is 0. The van der Waals surface area contributed by atoms with Crippen molar-refractivity contribution in [1.29, 1.82) is 0 Å². The van der Waals surface area contributed by atoms with Crippen molar-refractivity contribution < 1.29 is 9.59 Å². The minimum absolute atomic E-state index is 0.0811. The van der Waals surface area contributed by atoms with Crippen molar-refractivity contribution in [1.82, 2.24) is 14.7 Å². The van der Waals surface area contributed by atoms with Gasteiger partial charge < -0.3 is 15.5 Å².